The van der Waals surface area contributed by atoms with Gasteiger partial charge in [0.05, 0.1) is 6.54 Å². The first-order valence-electron chi connectivity index (χ1n) is 7.96. The van der Waals surface area contributed by atoms with Gasteiger partial charge < -0.3 is 16.0 Å². The van der Waals surface area contributed by atoms with Crippen molar-refractivity contribution in [3.63, 3.8) is 0 Å². The molecule has 1 saturated heterocycles. The van der Waals surface area contributed by atoms with Crippen molar-refractivity contribution in [3.8, 4) is 11.4 Å². The average molecular weight is 394 g/mol. The van der Waals surface area contributed by atoms with E-state index in [9.17, 15) is 14.4 Å². The summed E-state index contributed by atoms with van der Waals surface area (Å²) < 4.78 is 0. The second-order valence-electron chi connectivity index (χ2n) is 6.34. The van der Waals surface area contributed by atoms with Crippen molar-refractivity contribution in [3.05, 3.63) is 30.1 Å². The molecule has 1 aliphatic heterocycles. The second kappa shape index (κ2) is 7.72. The lowest BCUT2D eigenvalue weighted by Gasteiger charge is -2.27. The number of carbonyl (C=O) groups is 3. The fraction of sp³-hybridized carbons (Fsp3) is 0.312. The number of aromatic amines is 1. The van der Waals surface area contributed by atoms with Gasteiger partial charge in [0.2, 0.25) is 5.91 Å². The van der Waals surface area contributed by atoms with Crippen LogP contribution in [0, 0.1) is 0 Å². The number of hydrogen-bond acceptors (Lipinski definition) is 6. The Bertz CT molecular complexity index is 863. The summed E-state index contributed by atoms with van der Waals surface area (Å²) in [5, 5.41) is 11.7. The Balaban J connectivity index is 0.00000261. The number of imide groups is 1. The number of nitrogens with zero attached hydrogens (tertiary/aromatic N) is 3. The fourth-order valence-electron chi connectivity index (χ4n) is 2.53. The molecule has 2 aromatic rings. The number of benzene rings is 1. The Morgan fingerprint density at radius 1 is 1.26 bits per heavy atom. The van der Waals surface area contributed by atoms with E-state index in [0.717, 1.165) is 5.56 Å². The van der Waals surface area contributed by atoms with Gasteiger partial charge in [-0.05, 0) is 38.1 Å². The van der Waals surface area contributed by atoms with Crippen LogP contribution in [0.4, 0.5) is 10.5 Å². The number of hydrogen-bond donors (Lipinski definition) is 4. The quantitative estimate of drug-likeness (QED) is 0.547. The molecule has 0 aliphatic carbocycles. The maximum atomic E-state index is 12.2. The minimum atomic E-state index is -1.06. The molecule has 3 rings (SSSR count). The molecule has 144 valence electrons. The van der Waals surface area contributed by atoms with E-state index in [0.29, 0.717) is 17.3 Å². The monoisotopic (exact) mass is 393 g/mol. The third-order valence-electron chi connectivity index (χ3n) is 4.15. The standard InChI is InChI=1S/C16H19N7O3.ClH/c1-16(2)14(25)20-15(26)23(16)8-12(24)18-10-5-3-9(4-6-10)13-19-11(7-17)21-22-13;/h3-6H,7-8,17H2,1-2H3,(H,18,24)(H,19,21,22)(H,20,25,26);1H. The molecule has 1 aromatic heterocycles. The van der Waals surface area contributed by atoms with Crippen LogP contribution in [0.1, 0.15) is 19.7 Å². The average Bonchev–Trinajstić information content (AvgIpc) is 3.15. The summed E-state index contributed by atoms with van der Waals surface area (Å²) in [5.41, 5.74) is 5.75. The molecular formula is C16H20ClN7O3. The lowest BCUT2D eigenvalue weighted by atomic mass is 10.0. The molecule has 0 unspecified atom stereocenters. The van der Waals surface area contributed by atoms with E-state index in [1.165, 1.54) is 4.90 Å². The van der Waals surface area contributed by atoms with Crippen LogP contribution in [0.3, 0.4) is 0 Å². The smallest absolute Gasteiger partial charge is 0.325 e. The number of rotatable bonds is 5. The molecule has 10 nitrogen and oxygen atoms in total. The number of nitrogens with one attached hydrogen (secondary N) is 3. The molecule has 0 radical (unpaired) electrons. The number of urea groups is 1. The number of anilines is 1. The van der Waals surface area contributed by atoms with Gasteiger partial charge in [0.1, 0.15) is 17.9 Å². The zero-order valence-electron chi connectivity index (χ0n) is 14.8. The predicted octanol–water partition coefficient (Wildman–Crippen LogP) is 0.621. The maximum Gasteiger partial charge on any atom is 0.325 e. The molecule has 0 atom stereocenters. The molecule has 0 saturated carbocycles. The Kier molecular flexibility index (Phi) is 5.82. The van der Waals surface area contributed by atoms with Gasteiger partial charge in [-0.25, -0.2) is 9.78 Å². The molecule has 11 heteroatoms. The highest BCUT2D eigenvalue weighted by Crippen LogP contribution is 2.21. The van der Waals surface area contributed by atoms with E-state index in [-0.39, 0.29) is 25.5 Å². The van der Waals surface area contributed by atoms with Crippen LogP contribution >= 0.6 is 12.4 Å². The molecule has 27 heavy (non-hydrogen) atoms. The summed E-state index contributed by atoms with van der Waals surface area (Å²) in [4.78, 5) is 41.2. The number of nitrogens with two attached hydrogens (primary N) is 1. The molecule has 1 aliphatic rings. The van der Waals surface area contributed by atoms with Crippen LogP contribution in [-0.2, 0) is 16.1 Å². The maximum absolute atomic E-state index is 12.2. The summed E-state index contributed by atoms with van der Waals surface area (Å²) >= 11 is 0. The number of aromatic nitrogens is 3. The first-order chi connectivity index (χ1) is 12.3. The summed E-state index contributed by atoms with van der Waals surface area (Å²) in [7, 11) is 0. The van der Waals surface area contributed by atoms with Gasteiger partial charge in [0, 0.05) is 11.3 Å². The van der Waals surface area contributed by atoms with Gasteiger partial charge in [-0.15, -0.1) is 12.4 Å². The van der Waals surface area contributed by atoms with Gasteiger partial charge in [0.25, 0.3) is 5.91 Å². The SMILES string of the molecule is CC1(C)C(=O)NC(=O)N1CC(=O)Nc1ccc(-c2n[nH]c(CN)n2)cc1.Cl. The third kappa shape index (κ3) is 4.07. The first kappa shape index (κ1) is 20.3. The molecular weight excluding hydrogens is 374 g/mol. The van der Waals surface area contributed by atoms with Crippen molar-refractivity contribution < 1.29 is 14.4 Å². The van der Waals surface area contributed by atoms with Crippen LogP contribution in [0.5, 0.6) is 0 Å². The molecule has 1 fully saturated rings. The van der Waals surface area contributed by atoms with Gasteiger partial charge >= 0.3 is 6.03 Å². The van der Waals surface area contributed by atoms with Gasteiger partial charge in [-0.1, -0.05) is 0 Å². The minimum Gasteiger partial charge on any atom is -0.325 e. The van der Waals surface area contributed by atoms with E-state index in [1.54, 1.807) is 38.1 Å². The summed E-state index contributed by atoms with van der Waals surface area (Å²) in [6, 6.07) is 6.34. The number of amides is 4. The van der Waals surface area contributed by atoms with Crippen molar-refractivity contribution in [2.75, 3.05) is 11.9 Å². The Labute approximate surface area is 161 Å². The van der Waals surface area contributed by atoms with Gasteiger partial charge in [-0.2, -0.15) is 5.10 Å². The molecule has 1 aromatic carbocycles. The van der Waals surface area contributed by atoms with Crippen molar-refractivity contribution in [2.24, 2.45) is 5.73 Å². The van der Waals surface area contributed by atoms with E-state index < -0.39 is 23.4 Å². The molecule has 4 amide bonds. The zero-order chi connectivity index (χ0) is 18.9. The summed E-state index contributed by atoms with van der Waals surface area (Å²) in [5.74, 6) is 0.262. The number of carbonyl (C=O) groups excluding carboxylic acids is 3. The highest BCUT2D eigenvalue weighted by molar-refractivity contribution is 6.08. The summed E-state index contributed by atoms with van der Waals surface area (Å²) in [6.45, 7) is 3.21. The second-order valence-corrected chi connectivity index (χ2v) is 6.34. The van der Waals surface area contributed by atoms with Crippen LogP contribution in [0.2, 0.25) is 0 Å². The van der Waals surface area contributed by atoms with E-state index in [4.69, 9.17) is 5.73 Å². The van der Waals surface area contributed by atoms with Crippen molar-refractivity contribution in [2.45, 2.75) is 25.9 Å². The number of halogens is 1. The van der Waals surface area contributed by atoms with Crippen molar-refractivity contribution in [1.82, 2.24) is 25.4 Å². The third-order valence-corrected chi connectivity index (χ3v) is 4.15. The van der Waals surface area contributed by atoms with E-state index >= 15 is 0 Å². The Morgan fingerprint density at radius 3 is 2.44 bits per heavy atom. The van der Waals surface area contributed by atoms with E-state index in [2.05, 4.69) is 25.8 Å². The van der Waals surface area contributed by atoms with Gasteiger partial charge in [0.15, 0.2) is 5.82 Å². The van der Waals surface area contributed by atoms with Gasteiger partial charge in [-0.3, -0.25) is 20.0 Å². The topological polar surface area (TPSA) is 146 Å². The number of H-pyrrole nitrogens is 1. The van der Waals surface area contributed by atoms with Crippen molar-refractivity contribution >= 4 is 35.9 Å². The van der Waals surface area contributed by atoms with Crippen molar-refractivity contribution in [1.29, 1.82) is 0 Å². The highest BCUT2D eigenvalue weighted by atomic mass is 35.5. The highest BCUT2D eigenvalue weighted by Gasteiger charge is 2.46. The Morgan fingerprint density at radius 2 is 1.93 bits per heavy atom. The molecule has 0 bridgehead atoms. The zero-order valence-corrected chi connectivity index (χ0v) is 15.6. The summed E-state index contributed by atoms with van der Waals surface area (Å²) in [6.07, 6.45) is 0. The molecule has 0 spiro atoms. The molecule has 5 N–H and O–H groups in total. The lowest BCUT2D eigenvalue weighted by molar-refractivity contribution is -0.126. The predicted molar refractivity (Wildman–Crippen MR) is 99.9 cm³/mol. The fourth-order valence-corrected chi connectivity index (χ4v) is 2.53. The van der Waals surface area contributed by atoms with E-state index in [1.807, 2.05) is 0 Å². The minimum absolute atomic E-state index is 0. The largest absolute Gasteiger partial charge is 0.325 e. The lowest BCUT2D eigenvalue weighted by Crippen LogP contribution is -2.47. The van der Waals surface area contributed by atoms with Crippen LogP contribution in [-0.4, -0.2) is 50.0 Å². The van der Waals surface area contributed by atoms with Crippen LogP contribution in [0.15, 0.2) is 24.3 Å². The normalized spacial score (nSPS) is 15.3. The van der Waals surface area contributed by atoms with Crippen LogP contribution < -0.4 is 16.4 Å². The Hall–Kier alpha value is -2.98. The molecule has 2 heterocycles. The first-order valence-corrected chi connectivity index (χ1v) is 7.96. The van der Waals surface area contributed by atoms with Crippen LogP contribution in [0.25, 0.3) is 11.4 Å².